The molecule has 1 aliphatic heterocycles. The summed E-state index contributed by atoms with van der Waals surface area (Å²) in [7, 11) is 0. The third-order valence-corrected chi connectivity index (χ3v) is 5.71. The summed E-state index contributed by atoms with van der Waals surface area (Å²) >= 11 is 4.16. The van der Waals surface area contributed by atoms with Crippen LogP contribution in [0.4, 0.5) is 20.2 Å². The predicted octanol–water partition coefficient (Wildman–Crippen LogP) is 4.55. The maximum Gasteiger partial charge on any atom is 0.311 e. The molecule has 1 aliphatic rings. The zero-order chi connectivity index (χ0) is 21.4. The molecule has 1 aromatic heterocycles. The first kappa shape index (κ1) is 20.2. The molecule has 0 aliphatic carbocycles. The molecule has 0 unspecified atom stereocenters. The number of benzene rings is 2. The normalized spacial score (nSPS) is 13.6. The first-order valence-electron chi connectivity index (χ1n) is 8.55. The number of nitrogens with one attached hydrogen (secondary N) is 1. The van der Waals surface area contributed by atoms with E-state index < -0.39 is 29.0 Å². The van der Waals surface area contributed by atoms with Crippen molar-refractivity contribution in [2.75, 3.05) is 5.32 Å². The zero-order valence-corrected chi connectivity index (χ0v) is 17.4. The van der Waals surface area contributed by atoms with Gasteiger partial charge in [-0.15, -0.1) is 0 Å². The van der Waals surface area contributed by atoms with Crippen molar-refractivity contribution in [1.29, 1.82) is 0 Å². The highest BCUT2D eigenvalue weighted by Crippen LogP contribution is 2.36. The molecule has 0 fully saturated rings. The number of amides is 1. The van der Waals surface area contributed by atoms with E-state index in [2.05, 4.69) is 26.2 Å². The van der Waals surface area contributed by atoms with E-state index in [1.54, 1.807) is 12.3 Å². The number of aliphatic imine (C=N–C) groups is 1. The lowest BCUT2D eigenvalue weighted by Crippen LogP contribution is -2.24. The number of nitrogens with zero attached hydrogens (tertiary/aromatic N) is 2. The van der Waals surface area contributed by atoms with Gasteiger partial charge in [-0.3, -0.25) is 19.1 Å². The second kappa shape index (κ2) is 7.96. The molecule has 0 spiro atoms. The highest BCUT2D eigenvalue weighted by Gasteiger charge is 2.19. The van der Waals surface area contributed by atoms with E-state index in [4.69, 9.17) is 0 Å². The van der Waals surface area contributed by atoms with Crippen LogP contribution in [0.2, 0.25) is 0 Å². The predicted molar refractivity (Wildman–Crippen MR) is 115 cm³/mol. The summed E-state index contributed by atoms with van der Waals surface area (Å²) in [4.78, 5) is 28.5. The molecule has 1 amide bonds. The van der Waals surface area contributed by atoms with Crippen LogP contribution in [0.15, 0.2) is 50.7 Å². The summed E-state index contributed by atoms with van der Waals surface area (Å²) < 4.78 is 28.4. The number of fused-ring (bicyclic) bond motifs is 1. The number of anilines is 1. The van der Waals surface area contributed by atoms with Crippen molar-refractivity contribution in [3.8, 4) is 5.88 Å². The fourth-order valence-electron chi connectivity index (χ4n) is 2.89. The summed E-state index contributed by atoms with van der Waals surface area (Å²) in [5.74, 6) is -2.85. The summed E-state index contributed by atoms with van der Waals surface area (Å²) in [6.07, 6.45) is 3.23. The van der Waals surface area contributed by atoms with Gasteiger partial charge in [-0.2, -0.15) is 0 Å². The molecule has 2 aromatic carbocycles. The Morgan fingerprint density at radius 3 is 2.83 bits per heavy atom. The molecule has 10 heteroatoms. The van der Waals surface area contributed by atoms with E-state index in [0.29, 0.717) is 11.6 Å². The van der Waals surface area contributed by atoms with Crippen molar-refractivity contribution in [3.63, 3.8) is 0 Å². The van der Waals surface area contributed by atoms with Crippen molar-refractivity contribution >= 4 is 62.4 Å². The van der Waals surface area contributed by atoms with Crippen LogP contribution in [0.5, 0.6) is 5.88 Å². The Morgan fingerprint density at radius 1 is 1.27 bits per heavy atom. The molecule has 0 saturated heterocycles. The second-order valence-corrected chi connectivity index (χ2v) is 8.24. The molecule has 0 bridgehead atoms. The minimum atomic E-state index is -0.944. The lowest BCUT2D eigenvalue weighted by atomic mass is 10.1. The third kappa shape index (κ3) is 3.96. The fraction of sp³-hybridized carbons (Fsp3) is 0.0500. The van der Waals surface area contributed by atoms with Gasteiger partial charge in [0.05, 0.1) is 16.3 Å². The van der Waals surface area contributed by atoms with Gasteiger partial charge in [-0.1, -0.05) is 27.3 Å². The van der Waals surface area contributed by atoms with Crippen LogP contribution in [-0.2, 0) is 11.3 Å². The van der Waals surface area contributed by atoms with E-state index >= 15 is 0 Å². The SMILES string of the molecule is O=C(Cn1c(O)c(/C=C2\C=Nc3ccc(Br)cc32)sc1=O)Nc1ccc(F)cc1F. The van der Waals surface area contributed by atoms with E-state index in [9.17, 15) is 23.5 Å². The molecule has 2 heterocycles. The van der Waals surface area contributed by atoms with Gasteiger partial charge >= 0.3 is 4.87 Å². The zero-order valence-electron chi connectivity index (χ0n) is 15.0. The largest absolute Gasteiger partial charge is 0.493 e. The maximum absolute atomic E-state index is 13.7. The number of carbonyl (C=O) groups excluding carboxylic acids is 1. The number of allylic oxidation sites excluding steroid dienone is 1. The molecular formula is C20H12BrF2N3O3S. The summed E-state index contributed by atoms with van der Waals surface area (Å²) in [5.41, 5.74) is 2.07. The molecule has 6 nitrogen and oxygen atoms in total. The van der Waals surface area contributed by atoms with E-state index in [0.717, 1.165) is 43.8 Å². The number of aromatic hydroxyl groups is 1. The van der Waals surface area contributed by atoms with Gasteiger partial charge in [0.15, 0.2) is 0 Å². The van der Waals surface area contributed by atoms with Crippen LogP contribution in [0.1, 0.15) is 10.4 Å². The molecule has 0 atom stereocenters. The monoisotopic (exact) mass is 491 g/mol. The molecule has 2 N–H and O–H groups in total. The van der Waals surface area contributed by atoms with Gasteiger partial charge in [-0.05, 0) is 36.4 Å². The van der Waals surface area contributed by atoms with Gasteiger partial charge in [0.25, 0.3) is 0 Å². The number of halogens is 3. The Morgan fingerprint density at radius 2 is 2.07 bits per heavy atom. The Hall–Kier alpha value is -3.11. The van der Waals surface area contributed by atoms with Gasteiger partial charge in [0, 0.05) is 27.9 Å². The van der Waals surface area contributed by atoms with Crippen molar-refractivity contribution in [1.82, 2.24) is 4.57 Å². The lowest BCUT2D eigenvalue weighted by molar-refractivity contribution is -0.116. The quantitative estimate of drug-likeness (QED) is 0.561. The van der Waals surface area contributed by atoms with Crippen molar-refractivity contribution in [2.24, 2.45) is 4.99 Å². The number of hydrogen-bond acceptors (Lipinski definition) is 5. The van der Waals surface area contributed by atoms with Crippen molar-refractivity contribution < 1.29 is 18.7 Å². The Kier molecular flexibility index (Phi) is 5.35. The van der Waals surface area contributed by atoms with Crippen LogP contribution in [-0.4, -0.2) is 21.8 Å². The topological polar surface area (TPSA) is 83.7 Å². The summed E-state index contributed by atoms with van der Waals surface area (Å²) in [5, 5.41) is 12.7. The fourth-order valence-corrected chi connectivity index (χ4v) is 4.09. The Bertz CT molecular complexity index is 1300. The average Bonchev–Trinajstić information content (AvgIpc) is 3.20. The van der Waals surface area contributed by atoms with Crippen LogP contribution >= 0.6 is 27.3 Å². The minimum Gasteiger partial charge on any atom is -0.493 e. The standard InChI is InChI=1S/C20H12BrF2N3O3S/c21-11-1-3-15-13(6-11)10(8-24-15)5-17-19(28)26(20(29)30-17)9-18(27)25-16-4-2-12(22)7-14(16)23/h1-8,28H,9H2,(H,25,27)/b10-5+. The molecule has 152 valence electrons. The van der Waals surface area contributed by atoms with Crippen LogP contribution in [0.3, 0.4) is 0 Å². The molecule has 4 rings (SSSR count). The van der Waals surface area contributed by atoms with Crippen molar-refractivity contribution in [2.45, 2.75) is 6.54 Å². The number of thiazole rings is 1. The van der Waals surface area contributed by atoms with E-state index in [1.165, 1.54) is 0 Å². The Balaban J connectivity index is 1.58. The molecule has 0 saturated carbocycles. The highest BCUT2D eigenvalue weighted by atomic mass is 79.9. The van der Waals surface area contributed by atoms with Crippen molar-refractivity contribution in [3.05, 3.63) is 72.6 Å². The first-order chi connectivity index (χ1) is 14.3. The van der Waals surface area contributed by atoms with Gasteiger partial charge in [0.2, 0.25) is 11.8 Å². The van der Waals surface area contributed by atoms with Crippen LogP contribution in [0.25, 0.3) is 11.6 Å². The van der Waals surface area contributed by atoms with Gasteiger partial charge < -0.3 is 10.4 Å². The first-order valence-corrected chi connectivity index (χ1v) is 10.2. The molecule has 0 radical (unpaired) electrons. The molecule has 30 heavy (non-hydrogen) atoms. The second-order valence-electron chi connectivity index (χ2n) is 6.33. The number of rotatable bonds is 4. The van der Waals surface area contributed by atoms with E-state index in [-0.39, 0.29) is 16.4 Å². The number of aromatic nitrogens is 1. The smallest absolute Gasteiger partial charge is 0.311 e. The number of carbonyl (C=O) groups is 1. The number of hydrogen-bond donors (Lipinski definition) is 2. The maximum atomic E-state index is 13.7. The highest BCUT2D eigenvalue weighted by molar-refractivity contribution is 9.10. The molecular weight excluding hydrogens is 480 g/mol. The third-order valence-electron chi connectivity index (χ3n) is 4.30. The summed E-state index contributed by atoms with van der Waals surface area (Å²) in [6.45, 7) is -0.530. The van der Waals surface area contributed by atoms with Gasteiger partial charge in [0.1, 0.15) is 18.2 Å². The van der Waals surface area contributed by atoms with Gasteiger partial charge in [-0.25, -0.2) is 8.78 Å². The van der Waals surface area contributed by atoms with Crippen LogP contribution in [0, 0.1) is 11.6 Å². The minimum absolute atomic E-state index is 0.226. The van der Waals surface area contributed by atoms with E-state index in [1.807, 2.05) is 18.2 Å². The lowest BCUT2D eigenvalue weighted by Gasteiger charge is -2.07. The molecule has 3 aromatic rings. The average molecular weight is 492 g/mol. The van der Waals surface area contributed by atoms with Crippen LogP contribution < -0.4 is 10.2 Å². The Labute approximate surface area is 181 Å². The summed E-state index contributed by atoms with van der Waals surface area (Å²) in [6, 6.07) is 8.26.